The molecule has 1 aromatic heterocycles. The Morgan fingerprint density at radius 1 is 1.24 bits per heavy atom. The fourth-order valence-electron chi connectivity index (χ4n) is 2.40. The molecule has 0 aliphatic carbocycles. The molecule has 0 radical (unpaired) electrons. The number of benzene rings is 1. The van der Waals surface area contributed by atoms with Crippen molar-refractivity contribution in [3.63, 3.8) is 0 Å². The normalized spacial score (nSPS) is 12.0. The Hall–Kier alpha value is -2.05. The third-order valence-electron chi connectivity index (χ3n) is 3.89. The van der Waals surface area contributed by atoms with Gasteiger partial charge in [-0.3, -0.25) is 0 Å². The zero-order valence-electron chi connectivity index (χ0n) is 15.1. The molecule has 0 bridgehead atoms. The highest BCUT2D eigenvalue weighted by molar-refractivity contribution is 7.07. The first-order valence-corrected chi connectivity index (χ1v) is 9.50. The lowest BCUT2D eigenvalue weighted by Gasteiger charge is -2.24. The number of likely N-dealkylation sites (N-methyl/N-ethyl adjacent to an activating group) is 1. The first-order valence-electron chi connectivity index (χ1n) is 8.56. The lowest BCUT2D eigenvalue weighted by molar-refractivity contribution is 0.243. The molecule has 2 amide bonds. The first-order chi connectivity index (χ1) is 12.1. The second-order valence-corrected chi connectivity index (χ2v) is 6.88. The largest absolute Gasteiger partial charge is 0.494 e. The Bertz CT molecular complexity index is 627. The fourth-order valence-corrected chi connectivity index (χ4v) is 3.10. The molecule has 0 fully saturated rings. The van der Waals surface area contributed by atoms with Crippen LogP contribution < -0.4 is 15.4 Å². The third-order valence-corrected chi connectivity index (χ3v) is 4.59. The van der Waals surface area contributed by atoms with Crippen molar-refractivity contribution in [3.8, 4) is 5.75 Å². The molecule has 0 aliphatic heterocycles. The molecule has 25 heavy (non-hydrogen) atoms. The number of anilines is 1. The van der Waals surface area contributed by atoms with E-state index in [-0.39, 0.29) is 12.1 Å². The average molecular weight is 362 g/mol. The van der Waals surface area contributed by atoms with Gasteiger partial charge in [-0.05, 0) is 67.2 Å². The number of thiophene rings is 1. The molecule has 2 rings (SSSR count). The summed E-state index contributed by atoms with van der Waals surface area (Å²) < 4.78 is 5.62. The highest BCUT2D eigenvalue weighted by atomic mass is 32.1. The van der Waals surface area contributed by atoms with Crippen LogP contribution in [0.2, 0.25) is 0 Å². The molecule has 2 N–H and O–H groups in total. The summed E-state index contributed by atoms with van der Waals surface area (Å²) in [6, 6.07) is 9.49. The van der Waals surface area contributed by atoms with Crippen molar-refractivity contribution >= 4 is 23.1 Å². The van der Waals surface area contributed by atoms with E-state index in [1.165, 1.54) is 5.56 Å². The lowest BCUT2D eigenvalue weighted by atomic mass is 10.1. The van der Waals surface area contributed by atoms with Crippen molar-refractivity contribution in [2.24, 2.45) is 0 Å². The lowest BCUT2D eigenvalue weighted by Crippen LogP contribution is -2.36. The van der Waals surface area contributed by atoms with E-state index < -0.39 is 0 Å². The molecule has 5 nitrogen and oxygen atoms in total. The van der Waals surface area contributed by atoms with Gasteiger partial charge in [0.05, 0.1) is 12.6 Å². The minimum Gasteiger partial charge on any atom is -0.494 e. The number of ether oxygens (including phenoxy) is 1. The van der Waals surface area contributed by atoms with Crippen molar-refractivity contribution in [2.45, 2.75) is 25.8 Å². The van der Waals surface area contributed by atoms with Crippen LogP contribution in [0.25, 0.3) is 0 Å². The van der Waals surface area contributed by atoms with E-state index in [0.29, 0.717) is 6.54 Å². The second-order valence-electron chi connectivity index (χ2n) is 6.10. The van der Waals surface area contributed by atoms with Crippen LogP contribution >= 0.6 is 11.3 Å². The molecule has 1 heterocycles. The van der Waals surface area contributed by atoms with E-state index in [1.54, 1.807) is 11.3 Å². The highest BCUT2D eigenvalue weighted by Gasteiger charge is 2.15. The van der Waals surface area contributed by atoms with Gasteiger partial charge in [-0.1, -0.05) is 13.3 Å². The molecule has 2 aromatic rings. The van der Waals surface area contributed by atoms with Crippen LogP contribution in [0.15, 0.2) is 41.1 Å². The molecular weight excluding hydrogens is 334 g/mol. The van der Waals surface area contributed by atoms with Crippen LogP contribution in [0.5, 0.6) is 5.75 Å². The molecule has 0 saturated heterocycles. The third kappa shape index (κ3) is 6.40. The molecule has 1 aromatic carbocycles. The first kappa shape index (κ1) is 19.3. The van der Waals surface area contributed by atoms with Crippen LogP contribution in [0, 0.1) is 0 Å². The van der Waals surface area contributed by atoms with Gasteiger partial charge in [0.2, 0.25) is 0 Å². The van der Waals surface area contributed by atoms with Gasteiger partial charge >= 0.3 is 6.03 Å². The second kappa shape index (κ2) is 10.1. The molecule has 136 valence electrons. The summed E-state index contributed by atoms with van der Waals surface area (Å²) in [6.07, 6.45) is 2.15. The van der Waals surface area contributed by atoms with Crippen molar-refractivity contribution < 1.29 is 9.53 Å². The van der Waals surface area contributed by atoms with Crippen LogP contribution in [0.1, 0.15) is 31.4 Å². The minimum atomic E-state index is -0.207. The maximum absolute atomic E-state index is 12.1. The number of amides is 2. The van der Waals surface area contributed by atoms with E-state index in [0.717, 1.165) is 30.9 Å². The van der Waals surface area contributed by atoms with Crippen molar-refractivity contribution in [3.05, 3.63) is 46.7 Å². The standard InChI is InChI=1S/C19H27N3O2S/c1-4-5-11-24-17-8-6-16(7-9-17)21-19(23)20-13-18(22(2)3)15-10-12-25-14-15/h6-10,12,14,18H,4-5,11,13H2,1-3H3,(H2,20,21,23). The van der Waals surface area contributed by atoms with E-state index >= 15 is 0 Å². The number of unbranched alkanes of at least 4 members (excludes halogenated alkanes) is 1. The highest BCUT2D eigenvalue weighted by Crippen LogP contribution is 2.20. The van der Waals surface area contributed by atoms with Gasteiger partial charge in [-0.15, -0.1) is 0 Å². The van der Waals surface area contributed by atoms with Crippen molar-refractivity contribution in [2.75, 3.05) is 32.6 Å². The fraction of sp³-hybridized carbons (Fsp3) is 0.421. The van der Waals surface area contributed by atoms with E-state index in [2.05, 4.69) is 39.3 Å². The number of rotatable bonds is 9. The summed E-state index contributed by atoms with van der Waals surface area (Å²) >= 11 is 1.66. The SMILES string of the molecule is CCCCOc1ccc(NC(=O)NCC(c2ccsc2)N(C)C)cc1. The Morgan fingerprint density at radius 3 is 2.60 bits per heavy atom. The summed E-state index contributed by atoms with van der Waals surface area (Å²) in [4.78, 5) is 14.2. The number of carbonyl (C=O) groups is 1. The topological polar surface area (TPSA) is 53.6 Å². The Balaban J connectivity index is 1.81. The van der Waals surface area contributed by atoms with Crippen LogP contribution in [-0.2, 0) is 0 Å². The van der Waals surface area contributed by atoms with Gasteiger partial charge in [0.25, 0.3) is 0 Å². The number of urea groups is 1. The number of nitrogens with zero attached hydrogens (tertiary/aromatic N) is 1. The zero-order chi connectivity index (χ0) is 18.1. The van der Waals surface area contributed by atoms with Crippen LogP contribution in [0.4, 0.5) is 10.5 Å². The Labute approximate surface area is 154 Å². The molecule has 0 spiro atoms. The Morgan fingerprint density at radius 2 is 2.00 bits per heavy atom. The van der Waals surface area contributed by atoms with E-state index in [4.69, 9.17) is 4.74 Å². The number of hydrogen-bond donors (Lipinski definition) is 2. The maximum Gasteiger partial charge on any atom is 0.319 e. The zero-order valence-corrected chi connectivity index (χ0v) is 15.9. The van der Waals surface area contributed by atoms with Crippen molar-refractivity contribution in [1.29, 1.82) is 0 Å². The molecular formula is C19H27N3O2S. The van der Waals surface area contributed by atoms with Gasteiger partial charge in [-0.25, -0.2) is 4.79 Å². The van der Waals surface area contributed by atoms with Gasteiger partial charge in [0.1, 0.15) is 5.75 Å². The van der Waals surface area contributed by atoms with E-state index in [1.807, 2.05) is 38.4 Å². The molecule has 0 aliphatic rings. The van der Waals surface area contributed by atoms with E-state index in [9.17, 15) is 4.79 Å². The van der Waals surface area contributed by atoms with Gasteiger partial charge in [0.15, 0.2) is 0 Å². The Kier molecular flexibility index (Phi) is 7.76. The summed E-state index contributed by atoms with van der Waals surface area (Å²) in [5.41, 5.74) is 1.96. The summed E-state index contributed by atoms with van der Waals surface area (Å²) in [7, 11) is 4.03. The summed E-state index contributed by atoms with van der Waals surface area (Å²) in [5.74, 6) is 0.824. The van der Waals surface area contributed by atoms with Gasteiger partial charge < -0.3 is 20.3 Å². The number of carbonyl (C=O) groups excluding carboxylic acids is 1. The maximum atomic E-state index is 12.1. The smallest absolute Gasteiger partial charge is 0.319 e. The molecule has 6 heteroatoms. The molecule has 0 saturated carbocycles. The molecule has 1 atom stereocenters. The predicted octanol–water partition coefficient (Wildman–Crippen LogP) is 4.35. The monoisotopic (exact) mass is 361 g/mol. The van der Waals surface area contributed by atoms with Crippen molar-refractivity contribution in [1.82, 2.24) is 10.2 Å². The van der Waals surface area contributed by atoms with Crippen LogP contribution in [-0.4, -0.2) is 38.2 Å². The average Bonchev–Trinajstić information content (AvgIpc) is 3.11. The molecule has 1 unspecified atom stereocenters. The van der Waals surface area contributed by atoms with Gasteiger partial charge in [-0.2, -0.15) is 11.3 Å². The van der Waals surface area contributed by atoms with Gasteiger partial charge in [0, 0.05) is 12.2 Å². The minimum absolute atomic E-state index is 0.159. The number of hydrogen-bond acceptors (Lipinski definition) is 4. The quantitative estimate of drug-likeness (QED) is 0.653. The van der Waals surface area contributed by atoms with Crippen LogP contribution in [0.3, 0.4) is 0 Å². The predicted molar refractivity (Wildman–Crippen MR) is 105 cm³/mol. The summed E-state index contributed by atoms with van der Waals surface area (Å²) in [6.45, 7) is 3.40. The summed E-state index contributed by atoms with van der Waals surface area (Å²) in [5, 5.41) is 9.96. The number of nitrogens with one attached hydrogen (secondary N) is 2.